The molecular formula is C14H16F2N2O. The van der Waals surface area contributed by atoms with Gasteiger partial charge in [-0.25, -0.2) is 8.78 Å². The summed E-state index contributed by atoms with van der Waals surface area (Å²) in [5, 5.41) is 0. The van der Waals surface area contributed by atoms with E-state index in [1.807, 2.05) is 4.90 Å². The van der Waals surface area contributed by atoms with E-state index in [-0.39, 0.29) is 23.3 Å². The summed E-state index contributed by atoms with van der Waals surface area (Å²) >= 11 is 0. The van der Waals surface area contributed by atoms with Crippen LogP contribution >= 0.6 is 0 Å². The van der Waals surface area contributed by atoms with E-state index in [1.54, 1.807) is 0 Å². The van der Waals surface area contributed by atoms with Crippen molar-refractivity contribution >= 4 is 11.6 Å². The molecule has 1 amide bonds. The van der Waals surface area contributed by atoms with Crippen LogP contribution in [0.1, 0.15) is 42.5 Å². The Labute approximate surface area is 110 Å². The van der Waals surface area contributed by atoms with Gasteiger partial charge in [-0.05, 0) is 44.2 Å². The molecule has 3 rings (SSSR count). The van der Waals surface area contributed by atoms with Crippen LogP contribution in [0.25, 0.3) is 0 Å². The van der Waals surface area contributed by atoms with E-state index in [9.17, 15) is 13.6 Å². The largest absolute Gasteiger partial charge is 0.366 e. The van der Waals surface area contributed by atoms with Gasteiger partial charge in [0, 0.05) is 17.6 Å². The predicted molar refractivity (Wildman–Crippen MR) is 68.0 cm³/mol. The zero-order chi connectivity index (χ0) is 13.6. The number of nitrogens with two attached hydrogens (primary N) is 1. The number of carbonyl (C=O) groups is 1. The average Bonchev–Trinajstić information content (AvgIpc) is 2.59. The quantitative estimate of drug-likeness (QED) is 0.894. The molecule has 2 saturated heterocycles. The minimum Gasteiger partial charge on any atom is -0.366 e. The van der Waals surface area contributed by atoms with Crippen molar-refractivity contribution < 1.29 is 13.6 Å². The highest BCUT2D eigenvalue weighted by molar-refractivity contribution is 5.93. The van der Waals surface area contributed by atoms with Crippen LogP contribution < -0.4 is 10.6 Å². The van der Waals surface area contributed by atoms with Crippen LogP contribution in [0.15, 0.2) is 12.1 Å². The van der Waals surface area contributed by atoms with Crippen LogP contribution in [0.4, 0.5) is 14.5 Å². The molecule has 0 aliphatic carbocycles. The van der Waals surface area contributed by atoms with Gasteiger partial charge in [0.1, 0.15) is 17.3 Å². The summed E-state index contributed by atoms with van der Waals surface area (Å²) in [7, 11) is 0. The fraction of sp³-hybridized carbons (Fsp3) is 0.500. The zero-order valence-electron chi connectivity index (χ0n) is 10.5. The number of fused-ring (bicyclic) bond motifs is 2. The van der Waals surface area contributed by atoms with Crippen LogP contribution in [-0.4, -0.2) is 18.0 Å². The van der Waals surface area contributed by atoms with Crippen molar-refractivity contribution in [1.82, 2.24) is 0 Å². The molecule has 3 nitrogen and oxygen atoms in total. The summed E-state index contributed by atoms with van der Waals surface area (Å²) < 4.78 is 28.3. The van der Waals surface area contributed by atoms with Crippen LogP contribution in [0, 0.1) is 11.6 Å². The summed E-state index contributed by atoms with van der Waals surface area (Å²) in [6.45, 7) is 0. The number of benzene rings is 1. The maximum absolute atomic E-state index is 14.1. The van der Waals surface area contributed by atoms with E-state index in [0.717, 1.165) is 44.2 Å². The standard InChI is InChI=1S/C14H16F2N2O/c15-11-6-8(14(17)19)7-12(16)13(11)18-9-2-1-3-10(18)5-4-9/h6-7,9-10H,1-5H2,(H2,17,19). The number of primary amides is 1. The van der Waals surface area contributed by atoms with E-state index >= 15 is 0 Å². The summed E-state index contributed by atoms with van der Waals surface area (Å²) in [6.07, 6.45) is 5.05. The van der Waals surface area contributed by atoms with Gasteiger partial charge in [0.05, 0.1) is 0 Å². The Morgan fingerprint density at radius 2 is 1.63 bits per heavy atom. The molecule has 0 aromatic heterocycles. The lowest BCUT2D eigenvalue weighted by Gasteiger charge is -2.37. The number of hydrogen-bond donors (Lipinski definition) is 1. The van der Waals surface area contributed by atoms with Gasteiger partial charge in [-0.15, -0.1) is 0 Å². The van der Waals surface area contributed by atoms with Crippen molar-refractivity contribution in [3.8, 4) is 0 Å². The third kappa shape index (κ3) is 1.97. The van der Waals surface area contributed by atoms with Gasteiger partial charge in [-0.1, -0.05) is 0 Å². The lowest BCUT2D eigenvalue weighted by molar-refractivity contribution is 0.0999. The van der Waals surface area contributed by atoms with Gasteiger partial charge >= 0.3 is 0 Å². The summed E-state index contributed by atoms with van der Waals surface area (Å²) in [5.74, 6) is -2.19. The molecule has 2 fully saturated rings. The monoisotopic (exact) mass is 266 g/mol. The molecule has 0 saturated carbocycles. The number of piperidine rings is 1. The number of anilines is 1. The van der Waals surface area contributed by atoms with Crippen LogP contribution in [0.5, 0.6) is 0 Å². The highest BCUT2D eigenvalue weighted by Gasteiger charge is 2.39. The van der Waals surface area contributed by atoms with Crippen molar-refractivity contribution in [2.24, 2.45) is 5.73 Å². The Morgan fingerprint density at radius 1 is 1.11 bits per heavy atom. The summed E-state index contributed by atoms with van der Waals surface area (Å²) in [6, 6.07) is 2.52. The molecule has 1 aromatic rings. The Hall–Kier alpha value is -1.65. The molecule has 0 spiro atoms. The fourth-order valence-electron chi connectivity index (χ4n) is 3.44. The van der Waals surface area contributed by atoms with Crippen LogP contribution in [-0.2, 0) is 0 Å². The van der Waals surface area contributed by atoms with Gasteiger partial charge < -0.3 is 10.6 Å². The Kier molecular flexibility index (Phi) is 2.92. The topological polar surface area (TPSA) is 46.3 Å². The van der Waals surface area contributed by atoms with Crippen molar-refractivity contribution in [2.45, 2.75) is 44.2 Å². The molecule has 2 unspecified atom stereocenters. The third-order valence-electron chi connectivity index (χ3n) is 4.25. The second-order valence-electron chi connectivity index (χ2n) is 5.38. The molecule has 1 aromatic carbocycles. The Morgan fingerprint density at radius 3 is 2.11 bits per heavy atom. The Balaban J connectivity index is 2.03. The van der Waals surface area contributed by atoms with E-state index in [1.165, 1.54) is 0 Å². The maximum Gasteiger partial charge on any atom is 0.248 e. The molecular weight excluding hydrogens is 250 g/mol. The van der Waals surface area contributed by atoms with Crippen LogP contribution in [0.3, 0.4) is 0 Å². The molecule has 2 atom stereocenters. The number of halogens is 2. The maximum atomic E-state index is 14.1. The first-order chi connectivity index (χ1) is 9.08. The van der Waals surface area contributed by atoms with Gasteiger partial charge in [0.15, 0.2) is 0 Å². The smallest absolute Gasteiger partial charge is 0.248 e. The molecule has 5 heteroatoms. The summed E-state index contributed by atoms with van der Waals surface area (Å²) in [4.78, 5) is 12.9. The van der Waals surface area contributed by atoms with Gasteiger partial charge in [-0.2, -0.15) is 0 Å². The van der Waals surface area contributed by atoms with E-state index in [0.29, 0.717) is 0 Å². The lowest BCUT2D eigenvalue weighted by Crippen LogP contribution is -2.40. The van der Waals surface area contributed by atoms with Crippen LogP contribution in [0.2, 0.25) is 0 Å². The molecule has 2 N–H and O–H groups in total. The molecule has 19 heavy (non-hydrogen) atoms. The summed E-state index contributed by atoms with van der Waals surface area (Å²) in [5.41, 5.74) is 4.95. The SMILES string of the molecule is NC(=O)c1cc(F)c(N2C3CCCC2CC3)c(F)c1. The minimum atomic E-state index is -0.814. The third-order valence-corrected chi connectivity index (χ3v) is 4.25. The first-order valence-electron chi connectivity index (χ1n) is 6.65. The van der Waals surface area contributed by atoms with Crippen molar-refractivity contribution in [3.05, 3.63) is 29.3 Å². The van der Waals surface area contributed by atoms with E-state index < -0.39 is 17.5 Å². The number of nitrogens with zero attached hydrogens (tertiary/aromatic N) is 1. The first-order valence-corrected chi connectivity index (χ1v) is 6.65. The zero-order valence-corrected chi connectivity index (χ0v) is 10.5. The van der Waals surface area contributed by atoms with E-state index in [4.69, 9.17) is 5.73 Å². The second-order valence-corrected chi connectivity index (χ2v) is 5.38. The minimum absolute atomic E-state index is 0.0113. The molecule has 102 valence electrons. The normalized spacial score (nSPS) is 25.7. The number of hydrogen-bond acceptors (Lipinski definition) is 2. The molecule has 2 aliphatic rings. The van der Waals surface area contributed by atoms with Crippen molar-refractivity contribution in [1.29, 1.82) is 0 Å². The number of rotatable bonds is 2. The van der Waals surface area contributed by atoms with E-state index in [2.05, 4.69) is 0 Å². The van der Waals surface area contributed by atoms with Crippen molar-refractivity contribution in [2.75, 3.05) is 4.90 Å². The van der Waals surface area contributed by atoms with Crippen molar-refractivity contribution in [3.63, 3.8) is 0 Å². The number of carbonyl (C=O) groups excluding carboxylic acids is 1. The second kappa shape index (κ2) is 4.47. The van der Waals surface area contributed by atoms with Gasteiger partial charge in [0.2, 0.25) is 5.91 Å². The van der Waals surface area contributed by atoms with Gasteiger partial charge in [-0.3, -0.25) is 4.79 Å². The Bertz CT molecular complexity index is 493. The first kappa shape index (κ1) is 12.4. The average molecular weight is 266 g/mol. The number of amides is 1. The van der Waals surface area contributed by atoms with Gasteiger partial charge in [0.25, 0.3) is 0 Å². The highest BCUT2D eigenvalue weighted by atomic mass is 19.1. The molecule has 2 bridgehead atoms. The predicted octanol–water partition coefficient (Wildman–Crippen LogP) is 2.59. The highest BCUT2D eigenvalue weighted by Crippen LogP contribution is 2.41. The molecule has 2 aliphatic heterocycles. The molecule has 0 radical (unpaired) electrons. The molecule has 2 heterocycles. The lowest BCUT2D eigenvalue weighted by atomic mass is 10.0. The fourth-order valence-corrected chi connectivity index (χ4v) is 3.44.